The van der Waals surface area contributed by atoms with Gasteiger partial charge in [-0.1, -0.05) is 54.3 Å². The molecule has 6 heteroatoms. The lowest BCUT2D eigenvalue weighted by molar-refractivity contribution is -0.115. The average Bonchev–Trinajstić information content (AvgIpc) is 3.18. The molecule has 2 heterocycles. The van der Waals surface area contributed by atoms with Crippen LogP contribution in [-0.4, -0.2) is 21.4 Å². The first-order valence-electron chi connectivity index (χ1n) is 9.04. The van der Waals surface area contributed by atoms with Crippen LogP contribution in [0.15, 0.2) is 53.6 Å². The molecule has 0 saturated carbocycles. The minimum atomic E-state index is -0.134. The Bertz CT molecular complexity index is 1110. The Hall–Kier alpha value is -2.57. The van der Waals surface area contributed by atoms with Crippen molar-refractivity contribution in [1.82, 2.24) is 9.88 Å². The highest BCUT2D eigenvalue weighted by Crippen LogP contribution is 2.30. The maximum absolute atomic E-state index is 12.0. The molecule has 0 bridgehead atoms. The van der Waals surface area contributed by atoms with E-state index in [-0.39, 0.29) is 5.91 Å². The summed E-state index contributed by atoms with van der Waals surface area (Å²) in [7, 11) is 0. The molecular formula is C22H20N2O2S2. The van der Waals surface area contributed by atoms with Gasteiger partial charge in [0.25, 0.3) is 5.91 Å². The molecule has 1 saturated heterocycles. The van der Waals surface area contributed by atoms with E-state index in [0.29, 0.717) is 15.8 Å². The lowest BCUT2D eigenvalue weighted by Gasteiger charge is -2.11. The fourth-order valence-electron chi connectivity index (χ4n) is 3.25. The van der Waals surface area contributed by atoms with E-state index in [0.717, 1.165) is 34.3 Å². The van der Waals surface area contributed by atoms with Crippen molar-refractivity contribution in [2.75, 3.05) is 6.61 Å². The summed E-state index contributed by atoms with van der Waals surface area (Å²) in [6.45, 7) is 5.40. The summed E-state index contributed by atoms with van der Waals surface area (Å²) >= 11 is 6.38. The van der Waals surface area contributed by atoms with Gasteiger partial charge in [0.2, 0.25) is 0 Å². The van der Waals surface area contributed by atoms with Crippen molar-refractivity contribution in [3.63, 3.8) is 0 Å². The van der Waals surface area contributed by atoms with Crippen LogP contribution in [0.1, 0.15) is 16.7 Å². The molecule has 0 spiro atoms. The summed E-state index contributed by atoms with van der Waals surface area (Å²) in [5.41, 5.74) is 4.44. The Morgan fingerprint density at radius 1 is 1.21 bits per heavy atom. The third-order valence-electron chi connectivity index (χ3n) is 4.68. The lowest BCUT2D eigenvalue weighted by atomic mass is 10.1. The quantitative estimate of drug-likeness (QED) is 0.485. The number of aromatic nitrogens is 1. The van der Waals surface area contributed by atoms with E-state index in [1.807, 2.05) is 18.2 Å². The Morgan fingerprint density at radius 3 is 2.82 bits per heavy atom. The minimum absolute atomic E-state index is 0.134. The third kappa shape index (κ3) is 3.84. The van der Waals surface area contributed by atoms with Gasteiger partial charge in [-0.2, -0.15) is 0 Å². The standard InChI is InChI=1S/C22H20N2O2S2/c1-14-7-8-15(2)19(11-14)26-10-9-24-13-16(17-5-3-4-6-18(17)24)12-20-21(25)23-22(27)28-20/h3-8,11-13H,9-10H2,1-2H3,(H,23,25,27). The molecule has 0 radical (unpaired) electrons. The number of amides is 1. The molecule has 0 unspecified atom stereocenters. The van der Waals surface area contributed by atoms with Crippen LogP contribution < -0.4 is 10.1 Å². The van der Waals surface area contributed by atoms with Crippen molar-refractivity contribution < 1.29 is 9.53 Å². The minimum Gasteiger partial charge on any atom is -0.491 e. The number of fused-ring (bicyclic) bond motifs is 1. The summed E-state index contributed by atoms with van der Waals surface area (Å²) < 4.78 is 8.69. The zero-order valence-electron chi connectivity index (χ0n) is 15.7. The average molecular weight is 409 g/mol. The summed E-state index contributed by atoms with van der Waals surface area (Å²) in [5.74, 6) is 0.788. The molecular weight excluding hydrogens is 388 g/mol. The van der Waals surface area contributed by atoms with Crippen molar-refractivity contribution in [2.24, 2.45) is 0 Å². The van der Waals surface area contributed by atoms with Gasteiger partial charge in [-0.3, -0.25) is 4.79 Å². The first-order chi connectivity index (χ1) is 13.5. The Kier molecular flexibility index (Phi) is 5.24. The van der Waals surface area contributed by atoms with Crippen LogP contribution in [0.25, 0.3) is 17.0 Å². The van der Waals surface area contributed by atoms with E-state index >= 15 is 0 Å². The fraction of sp³-hybridized carbons (Fsp3) is 0.182. The normalized spacial score (nSPS) is 15.4. The Balaban J connectivity index is 1.58. The third-order valence-corrected chi connectivity index (χ3v) is 5.84. The molecule has 142 valence electrons. The Morgan fingerprint density at radius 2 is 2.04 bits per heavy atom. The topological polar surface area (TPSA) is 43.3 Å². The molecule has 1 amide bonds. The van der Waals surface area contributed by atoms with Crippen molar-refractivity contribution in [3.8, 4) is 5.75 Å². The molecule has 0 atom stereocenters. The van der Waals surface area contributed by atoms with Crippen molar-refractivity contribution in [1.29, 1.82) is 0 Å². The first kappa shape index (κ1) is 18.8. The molecule has 1 aliphatic heterocycles. The smallest absolute Gasteiger partial charge is 0.263 e. The number of nitrogens with one attached hydrogen (secondary N) is 1. The van der Waals surface area contributed by atoms with Gasteiger partial charge >= 0.3 is 0 Å². The number of hydrogen-bond acceptors (Lipinski definition) is 4. The molecule has 2 aromatic carbocycles. The number of hydrogen-bond donors (Lipinski definition) is 1. The van der Waals surface area contributed by atoms with E-state index < -0.39 is 0 Å². The number of thioether (sulfide) groups is 1. The second-order valence-corrected chi connectivity index (χ2v) is 8.48. The van der Waals surface area contributed by atoms with Crippen LogP contribution in [0.2, 0.25) is 0 Å². The number of benzene rings is 2. The summed E-state index contributed by atoms with van der Waals surface area (Å²) in [5, 5.41) is 3.77. The van der Waals surface area contributed by atoms with E-state index in [9.17, 15) is 4.79 Å². The number of rotatable bonds is 5. The second-order valence-electron chi connectivity index (χ2n) is 6.76. The number of aryl methyl sites for hydroxylation is 2. The van der Waals surface area contributed by atoms with Gasteiger partial charge in [-0.15, -0.1) is 0 Å². The van der Waals surface area contributed by atoms with Gasteiger partial charge in [0.1, 0.15) is 16.7 Å². The number of ether oxygens (including phenoxy) is 1. The summed E-state index contributed by atoms with van der Waals surface area (Å²) in [4.78, 5) is 12.6. The monoisotopic (exact) mass is 408 g/mol. The summed E-state index contributed by atoms with van der Waals surface area (Å²) in [6.07, 6.45) is 3.98. The van der Waals surface area contributed by atoms with Gasteiger partial charge in [0.15, 0.2) is 0 Å². The molecule has 28 heavy (non-hydrogen) atoms. The molecule has 1 aromatic heterocycles. The van der Waals surface area contributed by atoms with Gasteiger partial charge in [0, 0.05) is 22.7 Å². The van der Waals surface area contributed by atoms with Crippen molar-refractivity contribution in [2.45, 2.75) is 20.4 Å². The first-order valence-corrected chi connectivity index (χ1v) is 10.3. The van der Waals surface area contributed by atoms with E-state index in [2.05, 4.69) is 60.3 Å². The second kappa shape index (κ2) is 7.81. The highest BCUT2D eigenvalue weighted by Gasteiger charge is 2.22. The lowest BCUT2D eigenvalue weighted by Crippen LogP contribution is -2.17. The highest BCUT2D eigenvalue weighted by molar-refractivity contribution is 8.26. The zero-order valence-corrected chi connectivity index (χ0v) is 17.3. The maximum atomic E-state index is 12.0. The number of thiocarbonyl (C=S) groups is 1. The zero-order chi connectivity index (χ0) is 19.7. The summed E-state index contributed by atoms with van der Waals surface area (Å²) in [6, 6.07) is 14.4. The van der Waals surface area contributed by atoms with Crippen molar-refractivity contribution >= 4 is 51.2 Å². The molecule has 0 aliphatic carbocycles. The van der Waals surface area contributed by atoms with Crippen LogP contribution in [-0.2, 0) is 11.3 Å². The van der Waals surface area contributed by atoms with Gasteiger partial charge < -0.3 is 14.6 Å². The largest absolute Gasteiger partial charge is 0.491 e. The van der Waals surface area contributed by atoms with Crippen LogP contribution >= 0.6 is 24.0 Å². The van der Waals surface area contributed by atoms with Crippen molar-refractivity contribution in [3.05, 3.63) is 70.3 Å². The van der Waals surface area contributed by atoms with E-state index in [4.69, 9.17) is 17.0 Å². The molecule has 4 rings (SSSR count). The van der Waals surface area contributed by atoms with Crippen LogP contribution in [0, 0.1) is 13.8 Å². The number of nitrogens with zero attached hydrogens (tertiary/aromatic N) is 1. The van der Waals surface area contributed by atoms with Crippen LogP contribution in [0.4, 0.5) is 0 Å². The molecule has 1 N–H and O–H groups in total. The predicted octanol–water partition coefficient (Wildman–Crippen LogP) is 4.83. The van der Waals surface area contributed by atoms with Gasteiger partial charge in [0.05, 0.1) is 11.4 Å². The van der Waals surface area contributed by atoms with E-state index in [1.165, 1.54) is 17.3 Å². The van der Waals surface area contributed by atoms with Gasteiger partial charge in [-0.05, 0) is 43.2 Å². The fourth-order valence-corrected chi connectivity index (χ4v) is 4.29. The molecule has 1 aliphatic rings. The highest BCUT2D eigenvalue weighted by atomic mass is 32.2. The van der Waals surface area contributed by atoms with Gasteiger partial charge in [-0.25, -0.2) is 0 Å². The SMILES string of the molecule is Cc1ccc(C)c(OCCn2cc(C=C3SC(=S)NC3=O)c3ccccc32)c1. The Labute approximate surface area is 173 Å². The van der Waals surface area contributed by atoms with E-state index in [1.54, 1.807) is 0 Å². The molecule has 4 nitrogen and oxygen atoms in total. The van der Waals surface area contributed by atoms with Crippen LogP contribution in [0.3, 0.4) is 0 Å². The number of para-hydroxylation sites is 1. The predicted molar refractivity (Wildman–Crippen MR) is 120 cm³/mol. The molecule has 3 aromatic rings. The number of carbonyl (C=O) groups excluding carboxylic acids is 1. The molecule has 1 fully saturated rings. The maximum Gasteiger partial charge on any atom is 0.263 e. The number of carbonyl (C=O) groups is 1. The van der Waals surface area contributed by atoms with Crippen LogP contribution in [0.5, 0.6) is 5.75 Å².